The van der Waals surface area contributed by atoms with Gasteiger partial charge < -0.3 is 14.2 Å². The maximum atomic E-state index is 12.6. The molecule has 0 saturated heterocycles. The normalized spacial score (nSPS) is 12.0. The molecule has 0 aliphatic rings. The second-order valence-electron chi connectivity index (χ2n) is 13.9. The van der Waals surface area contributed by atoms with Crippen molar-refractivity contribution in [2.24, 2.45) is 0 Å². The maximum absolute atomic E-state index is 12.6. The first-order chi connectivity index (χ1) is 23.5. The molecule has 0 aromatic heterocycles. The van der Waals surface area contributed by atoms with Gasteiger partial charge in [-0.2, -0.15) is 0 Å². The molecule has 0 aliphatic heterocycles. The summed E-state index contributed by atoms with van der Waals surface area (Å²) in [5.74, 6) is -0.884. The minimum atomic E-state index is -0.762. The lowest BCUT2D eigenvalue weighted by Crippen LogP contribution is -2.30. The summed E-state index contributed by atoms with van der Waals surface area (Å²) in [6.45, 7) is 6.55. The number of rotatable bonds is 37. The van der Waals surface area contributed by atoms with E-state index in [1.807, 2.05) is 0 Å². The molecule has 0 rings (SSSR count). The first kappa shape index (κ1) is 46.1. The molecule has 1 unspecified atom stereocenters. The molecule has 6 nitrogen and oxygen atoms in total. The van der Waals surface area contributed by atoms with Crippen LogP contribution in [0.25, 0.3) is 0 Å². The highest BCUT2D eigenvalue weighted by Gasteiger charge is 2.19. The largest absolute Gasteiger partial charge is 0.462 e. The number of carbonyl (C=O) groups is 3. The smallest absolute Gasteiger partial charge is 0.306 e. The van der Waals surface area contributed by atoms with Crippen molar-refractivity contribution < 1.29 is 28.6 Å². The zero-order chi connectivity index (χ0) is 35.2. The predicted octanol–water partition coefficient (Wildman–Crippen LogP) is 12.7. The van der Waals surface area contributed by atoms with Crippen LogP contribution in [0.2, 0.25) is 0 Å². The fourth-order valence-electron chi connectivity index (χ4n) is 5.85. The van der Waals surface area contributed by atoms with Crippen molar-refractivity contribution in [2.75, 3.05) is 13.2 Å². The molecule has 1 atom stereocenters. The van der Waals surface area contributed by atoms with Gasteiger partial charge in [0, 0.05) is 19.3 Å². The first-order valence-corrected chi connectivity index (χ1v) is 20.7. The van der Waals surface area contributed by atoms with Crippen LogP contribution in [0.3, 0.4) is 0 Å². The van der Waals surface area contributed by atoms with Gasteiger partial charge in [0.2, 0.25) is 0 Å². The minimum absolute atomic E-state index is 0.0698. The standard InChI is InChI=1S/C42H78O6/c1-4-7-10-13-16-18-20-22-23-26-29-32-35-41(44)47-38-39(37-46-40(43)34-31-28-25-15-12-9-6-3)48-42(45)36-33-30-27-24-21-19-17-14-11-8-5-2/h16,18,39H,4-15,17,19-38H2,1-3H3/b18-16-. The molecule has 0 saturated carbocycles. The van der Waals surface area contributed by atoms with Gasteiger partial charge in [-0.1, -0.05) is 168 Å². The van der Waals surface area contributed by atoms with E-state index in [0.29, 0.717) is 19.3 Å². The molecule has 0 bridgehead atoms. The minimum Gasteiger partial charge on any atom is -0.462 e. The third-order valence-electron chi connectivity index (χ3n) is 9.02. The van der Waals surface area contributed by atoms with E-state index in [9.17, 15) is 14.4 Å². The van der Waals surface area contributed by atoms with Gasteiger partial charge in [-0.15, -0.1) is 0 Å². The lowest BCUT2D eigenvalue weighted by atomic mass is 10.1. The van der Waals surface area contributed by atoms with Gasteiger partial charge in [-0.05, 0) is 44.9 Å². The molecule has 0 fully saturated rings. The summed E-state index contributed by atoms with van der Waals surface area (Å²) >= 11 is 0. The highest BCUT2D eigenvalue weighted by atomic mass is 16.6. The Morgan fingerprint density at radius 3 is 1.08 bits per heavy atom. The first-order valence-electron chi connectivity index (χ1n) is 20.7. The molecule has 0 spiro atoms. The van der Waals surface area contributed by atoms with E-state index < -0.39 is 6.10 Å². The Kier molecular flexibility index (Phi) is 36.5. The lowest BCUT2D eigenvalue weighted by molar-refractivity contribution is -0.167. The molecule has 282 valence electrons. The molecular weight excluding hydrogens is 600 g/mol. The van der Waals surface area contributed by atoms with Crippen molar-refractivity contribution in [3.8, 4) is 0 Å². The SMILES string of the molecule is CCCCC/C=C\CCCCCCCC(=O)OCC(COC(=O)CCCCCCCCC)OC(=O)CCCCCCCCCCCCC. The Morgan fingerprint density at radius 1 is 0.396 bits per heavy atom. The van der Waals surface area contributed by atoms with Crippen molar-refractivity contribution in [1.82, 2.24) is 0 Å². The third-order valence-corrected chi connectivity index (χ3v) is 9.02. The Morgan fingerprint density at radius 2 is 0.688 bits per heavy atom. The molecular formula is C42H78O6. The fraction of sp³-hybridized carbons (Fsp3) is 0.881. The Labute approximate surface area is 297 Å². The summed E-state index contributed by atoms with van der Waals surface area (Å²) in [6.07, 6.45) is 37.7. The van der Waals surface area contributed by atoms with Crippen molar-refractivity contribution >= 4 is 17.9 Å². The second-order valence-corrected chi connectivity index (χ2v) is 13.9. The van der Waals surface area contributed by atoms with E-state index in [-0.39, 0.29) is 31.1 Å². The molecule has 0 aromatic carbocycles. The molecule has 0 heterocycles. The van der Waals surface area contributed by atoms with E-state index in [2.05, 4.69) is 32.9 Å². The average molecular weight is 679 g/mol. The second kappa shape index (κ2) is 38.0. The molecule has 48 heavy (non-hydrogen) atoms. The summed E-state index contributed by atoms with van der Waals surface area (Å²) in [7, 11) is 0. The maximum Gasteiger partial charge on any atom is 0.306 e. The van der Waals surface area contributed by atoms with Crippen LogP contribution in [0, 0.1) is 0 Å². The number of hydrogen-bond donors (Lipinski definition) is 0. The van der Waals surface area contributed by atoms with Crippen LogP contribution in [0.1, 0.15) is 220 Å². The van der Waals surface area contributed by atoms with Gasteiger partial charge in [-0.25, -0.2) is 0 Å². The Hall–Kier alpha value is -1.85. The van der Waals surface area contributed by atoms with Crippen LogP contribution in [-0.2, 0) is 28.6 Å². The fourth-order valence-corrected chi connectivity index (χ4v) is 5.85. The van der Waals surface area contributed by atoms with Crippen molar-refractivity contribution in [1.29, 1.82) is 0 Å². The summed E-state index contributed by atoms with van der Waals surface area (Å²) in [6, 6.07) is 0. The van der Waals surface area contributed by atoms with E-state index >= 15 is 0 Å². The quantitative estimate of drug-likeness (QED) is 0.0282. The van der Waals surface area contributed by atoms with E-state index in [1.54, 1.807) is 0 Å². The zero-order valence-corrected chi connectivity index (χ0v) is 32.0. The Balaban J connectivity index is 4.33. The van der Waals surface area contributed by atoms with Gasteiger partial charge in [0.05, 0.1) is 0 Å². The highest BCUT2D eigenvalue weighted by Crippen LogP contribution is 2.14. The van der Waals surface area contributed by atoms with Crippen LogP contribution in [0.15, 0.2) is 12.2 Å². The van der Waals surface area contributed by atoms with Crippen LogP contribution in [-0.4, -0.2) is 37.2 Å². The number of hydrogen-bond acceptors (Lipinski definition) is 6. The van der Waals surface area contributed by atoms with Gasteiger partial charge in [-0.3, -0.25) is 14.4 Å². The molecule has 0 radical (unpaired) electrons. The van der Waals surface area contributed by atoms with Gasteiger partial charge >= 0.3 is 17.9 Å². The Bertz CT molecular complexity index is 748. The van der Waals surface area contributed by atoms with Crippen molar-refractivity contribution in [3.05, 3.63) is 12.2 Å². The topological polar surface area (TPSA) is 78.9 Å². The summed E-state index contributed by atoms with van der Waals surface area (Å²) < 4.78 is 16.6. The number of ether oxygens (including phenoxy) is 3. The number of unbranched alkanes of at least 4 members (excludes halogenated alkanes) is 24. The summed E-state index contributed by atoms with van der Waals surface area (Å²) in [5, 5.41) is 0. The third kappa shape index (κ3) is 35.5. The van der Waals surface area contributed by atoms with E-state index in [0.717, 1.165) is 64.2 Å². The zero-order valence-electron chi connectivity index (χ0n) is 32.0. The molecule has 6 heteroatoms. The van der Waals surface area contributed by atoms with E-state index in [1.165, 1.54) is 116 Å². The number of esters is 3. The van der Waals surface area contributed by atoms with Gasteiger partial charge in [0.1, 0.15) is 13.2 Å². The predicted molar refractivity (Wildman–Crippen MR) is 201 cm³/mol. The molecule has 0 aliphatic carbocycles. The number of allylic oxidation sites excluding steroid dienone is 2. The van der Waals surface area contributed by atoms with Gasteiger partial charge in [0.15, 0.2) is 6.10 Å². The monoisotopic (exact) mass is 679 g/mol. The number of carbonyl (C=O) groups excluding carboxylic acids is 3. The van der Waals surface area contributed by atoms with Crippen LogP contribution in [0.5, 0.6) is 0 Å². The van der Waals surface area contributed by atoms with Crippen LogP contribution >= 0.6 is 0 Å². The van der Waals surface area contributed by atoms with Crippen molar-refractivity contribution in [2.45, 2.75) is 226 Å². The molecule has 0 aromatic rings. The van der Waals surface area contributed by atoms with Gasteiger partial charge in [0.25, 0.3) is 0 Å². The average Bonchev–Trinajstić information content (AvgIpc) is 3.08. The summed E-state index contributed by atoms with van der Waals surface area (Å²) in [4.78, 5) is 37.4. The van der Waals surface area contributed by atoms with Crippen LogP contribution in [0.4, 0.5) is 0 Å². The molecule has 0 amide bonds. The molecule has 0 N–H and O–H groups in total. The summed E-state index contributed by atoms with van der Waals surface area (Å²) in [5.41, 5.74) is 0. The van der Waals surface area contributed by atoms with Crippen molar-refractivity contribution in [3.63, 3.8) is 0 Å². The van der Waals surface area contributed by atoms with E-state index in [4.69, 9.17) is 14.2 Å². The highest BCUT2D eigenvalue weighted by molar-refractivity contribution is 5.71. The van der Waals surface area contributed by atoms with Crippen LogP contribution < -0.4 is 0 Å². The lowest BCUT2D eigenvalue weighted by Gasteiger charge is -2.18.